The number of aromatic nitrogens is 4. The van der Waals surface area contributed by atoms with Crippen LogP contribution in [-0.2, 0) is 0 Å². The number of hydrogen-bond donors (Lipinski definition) is 1. The second-order valence-corrected chi connectivity index (χ2v) is 4.09. The third-order valence-electron chi connectivity index (χ3n) is 3.06. The summed E-state index contributed by atoms with van der Waals surface area (Å²) < 4.78 is 1.98. The summed E-state index contributed by atoms with van der Waals surface area (Å²) in [4.78, 5) is 4.17. The van der Waals surface area contributed by atoms with Crippen molar-refractivity contribution in [3.63, 3.8) is 0 Å². The van der Waals surface area contributed by atoms with Gasteiger partial charge in [-0.15, -0.1) is 10.2 Å². The molecule has 0 bridgehead atoms. The van der Waals surface area contributed by atoms with E-state index in [-0.39, 0.29) is 0 Å². The van der Waals surface area contributed by atoms with Gasteiger partial charge in [-0.1, -0.05) is 6.92 Å². The van der Waals surface area contributed by atoms with Gasteiger partial charge in [-0.05, 0) is 18.5 Å². The summed E-state index contributed by atoms with van der Waals surface area (Å²) in [6, 6.07) is 1.91. The van der Waals surface area contributed by atoms with E-state index in [2.05, 4.69) is 27.4 Å². The molecule has 5 heteroatoms. The van der Waals surface area contributed by atoms with Crippen LogP contribution in [-0.4, -0.2) is 32.7 Å². The van der Waals surface area contributed by atoms with Gasteiger partial charge in [0.15, 0.2) is 0 Å². The molecule has 1 aliphatic rings. The van der Waals surface area contributed by atoms with Crippen molar-refractivity contribution in [3.8, 4) is 0 Å². The molecule has 15 heavy (non-hydrogen) atoms. The minimum Gasteiger partial charge on any atom is -0.316 e. The van der Waals surface area contributed by atoms with Gasteiger partial charge in [0.2, 0.25) is 0 Å². The highest BCUT2D eigenvalue weighted by Gasteiger charge is 2.28. The van der Waals surface area contributed by atoms with E-state index in [4.69, 9.17) is 0 Å². The van der Waals surface area contributed by atoms with Gasteiger partial charge in [0.1, 0.15) is 5.82 Å². The molecule has 2 aromatic rings. The Morgan fingerprint density at radius 2 is 2.33 bits per heavy atom. The quantitative estimate of drug-likeness (QED) is 0.731. The minimum atomic E-state index is 0.448. The van der Waals surface area contributed by atoms with Crippen molar-refractivity contribution in [1.29, 1.82) is 0 Å². The average molecular weight is 203 g/mol. The molecule has 0 aromatic carbocycles. The number of hydrogen-bond acceptors (Lipinski definition) is 4. The maximum atomic E-state index is 4.24. The Morgan fingerprint density at radius 1 is 1.40 bits per heavy atom. The zero-order chi connectivity index (χ0) is 10.3. The summed E-state index contributed by atoms with van der Waals surface area (Å²) in [6.07, 6.45) is 3.72. The van der Waals surface area contributed by atoms with Gasteiger partial charge in [0.05, 0.1) is 0 Å². The van der Waals surface area contributed by atoms with Crippen molar-refractivity contribution in [3.05, 3.63) is 24.3 Å². The average Bonchev–Trinajstić information content (AvgIpc) is 2.83. The molecule has 78 valence electrons. The van der Waals surface area contributed by atoms with Crippen LogP contribution in [0.1, 0.15) is 18.7 Å². The molecule has 0 radical (unpaired) electrons. The number of fused-ring (bicyclic) bond motifs is 1. The van der Waals surface area contributed by atoms with Crippen LogP contribution in [0.2, 0.25) is 0 Å². The van der Waals surface area contributed by atoms with Gasteiger partial charge >= 0.3 is 0 Å². The third-order valence-corrected chi connectivity index (χ3v) is 3.06. The lowest BCUT2D eigenvalue weighted by molar-refractivity contribution is 0.541. The Bertz CT molecular complexity index is 477. The van der Waals surface area contributed by atoms with Gasteiger partial charge in [-0.25, -0.2) is 4.98 Å². The van der Waals surface area contributed by atoms with E-state index < -0.39 is 0 Å². The van der Waals surface area contributed by atoms with Crippen LogP contribution in [0.3, 0.4) is 0 Å². The smallest absolute Gasteiger partial charge is 0.254 e. The maximum absolute atomic E-state index is 4.24. The molecule has 2 aromatic heterocycles. The fourth-order valence-electron chi connectivity index (χ4n) is 2.17. The van der Waals surface area contributed by atoms with Gasteiger partial charge < -0.3 is 5.32 Å². The molecule has 1 saturated heterocycles. The fraction of sp³-hybridized carbons (Fsp3) is 0.500. The molecule has 0 saturated carbocycles. The van der Waals surface area contributed by atoms with Gasteiger partial charge in [0, 0.05) is 24.9 Å². The Balaban J connectivity index is 2.10. The van der Waals surface area contributed by atoms with E-state index in [9.17, 15) is 0 Å². The van der Waals surface area contributed by atoms with E-state index in [1.807, 2.05) is 16.7 Å². The van der Waals surface area contributed by atoms with Gasteiger partial charge in [0.25, 0.3) is 5.78 Å². The summed E-state index contributed by atoms with van der Waals surface area (Å²) in [5.41, 5.74) is 0. The Hall–Kier alpha value is -1.49. The fourth-order valence-corrected chi connectivity index (χ4v) is 2.17. The second-order valence-electron chi connectivity index (χ2n) is 4.09. The first-order valence-corrected chi connectivity index (χ1v) is 5.22. The van der Waals surface area contributed by atoms with E-state index in [0.717, 1.165) is 18.9 Å². The SMILES string of the molecule is C[C@@H]1CNC[C@H]1c1nnc2ncccn12. The zero-order valence-corrected chi connectivity index (χ0v) is 8.59. The van der Waals surface area contributed by atoms with Crippen molar-refractivity contribution in [1.82, 2.24) is 24.9 Å². The van der Waals surface area contributed by atoms with Crippen molar-refractivity contribution < 1.29 is 0 Å². The summed E-state index contributed by atoms with van der Waals surface area (Å²) in [5.74, 6) is 2.77. The highest BCUT2D eigenvalue weighted by Crippen LogP contribution is 2.25. The minimum absolute atomic E-state index is 0.448. The van der Waals surface area contributed by atoms with Crippen LogP contribution in [0.5, 0.6) is 0 Å². The maximum Gasteiger partial charge on any atom is 0.254 e. The molecule has 0 aliphatic carbocycles. The van der Waals surface area contributed by atoms with E-state index in [1.54, 1.807) is 6.20 Å². The second kappa shape index (κ2) is 3.27. The molecule has 2 atom stereocenters. The largest absolute Gasteiger partial charge is 0.316 e. The normalized spacial score (nSPS) is 26.2. The third kappa shape index (κ3) is 1.31. The first-order chi connectivity index (χ1) is 7.36. The molecule has 3 rings (SSSR count). The van der Waals surface area contributed by atoms with Crippen LogP contribution >= 0.6 is 0 Å². The number of rotatable bonds is 1. The van der Waals surface area contributed by atoms with Crippen molar-refractivity contribution in [2.24, 2.45) is 5.92 Å². The van der Waals surface area contributed by atoms with Crippen molar-refractivity contribution in [2.45, 2.75) is 12.8 Å². The molecular weight excluding hydrogens is 190 g/mol. The monoisotopic (exact) mass is 203 g/mol. The molecule has 1 N–H and O–H groups in total. The Kier molecular flexibility index (Phi) is 1.92. The molecule has 1 fully saturated rings. The Morgan fingerprint density at radius 3 is 3.13 bits per heavy atom. The molecule has 0 unspecified atom stereocenters. The van der Waals surface area contributed by atoms with Crippen LogP contribution < -0.4 is 5.32 Å². The molecule has 0 spiro atoms. The van der Waals surface area contributed by atoms with Crippen LogP contribution in [0.15, 0.2) is 18.5 Å². The van der Waals surface area contributed by atoms with Crippen molar-refractivity contribution >= 4 is 5.78 Å². The first-order valence-electron chi connectivity index (χ1n) is 5.22. The highest BCUT2D eigenvalue weighted by molar-refractivity contribution is 5.28. The van der Waals surface area contributed by atoms with Crippen LogP contribution in [0.25, 0.3) is 5.78 Å². The molecule has 1 aliphatic heterocycles. The van der Waals surface area contributed by atoms with E-state index in [1.165, 1.54) is 0 Å². The summed E-state index contributed by atoms with van der Waals surface area (Å²) in [6.45, 7) is 4.28. The number of nitrogens with one attached hydrogen (secondary N) is 1. The van der Waals surface area contributed by atoms with Crippen molar-refractivity contribution in [2.75, 3.05) is 13.1 Å². The van der Waals surface area contributed by atoms with Gasteiger partial charge in [-0.2, -0.15) is 0 Å². The predicted molar refractivity (Wildman–Crippen MR) is 55.6 cm³/mol. The topological polar surface area (TPSA) is 55.1 Å². The molecule has 3 heterocycles. The summed E-state index contributed by atoms with van der Waals surface area (Å²) in [7, 11) is 0. The molecule has 0 amide bonds. The predicted octanol–water partition coefficient (Wildman–Crippen LogP) is 0.447. The van der Waals surface area contributed by atoms with Gasteiger partial charge in [-0.3, -0.25) is 4.40 Å². The zero-order valence-electron chi connectivity index (χ0n) is 8.59. The summed E-state index contributed by atoms with van der Waals surface area (Å²) in [5, 5.41) is 11.7. The van der Waals surface area contributed by atoms with E-state index >= 15 is 0 Å². The number of nitrogens with zero attached hydrogens (tertiary/aromatic N) is 4. The lowest BCUT2D eigenvalue weighted by Gasteiger charge is -2.11. The summed E-state index contributed by atoms with van der Waals surface area (Å²) >= 11 is 0. The standard InChI is InChI=1S/C10H13N5/c1-7-5-11-6-8(7)9-13-14-10-12-3-2-4-15(9)10/h2-4,7-8,11H,5-6H2,1H3/t7-,8-/m1/s1. The molecular formula is C10H13N5. The lowest BCUT2D eigenvalue weighted by atomic mass is 9.97. The lowest BCUT2D eigenvalue weighted by Crippen LogP contribution is -2.11. The Labute approximate surface area is 87.5 Å². The van der Waals surface area contributed by atoms with E-state index in [0.29, 0.717) is 17.6 Å². The van der Waals surface area contributed by atoms with Crippen LogP contribution in [0.4, 0.5) is 0 Å². The highest BCUT2D eigenvalue weighted by atomic mass is 15.3. The molecule has 5 nitrogen and oxygen atoms in total. The van der Waals surface area contributed by atoms with Crippen LogP contribution in [0, 0.1) is 5.92 Å². The first kappa shape index (κ1) is 8.79.